The van der Waals surface area contributed by atoms with Crippen LogP contribution in [0, 0.1) is 0 Å². The van der Waals surface area contributed by atoms with E-state index in [1.165, 1.54) is 11.0 Å². The molecule has 0 fully saturated rings. The molecule has 0 saturated heterocycles. The minimum Gasteiger partial charge on any atom is -0.497 e. The maximum Gasteiger partial charge on any atom is 0.289 e. The van der Waals surface area contributed by atoms with Gasteiger partial charge in [-0.3, -0.25) is 4.79 Å². The Kier molecular flexibility index (Phi) is 4.33. The number of carbonyl (C=O) groups excluding carboxylic acids is 1. The van der Waals surface area contributed by atoms with Crippen LogP contribution in [-0.2, 0) is 6.54 Å². The van der Waals surface area contributed by atoms with Crippen LogP contribution in [0.15, 0.2) is 60.9 Å². The van der Waals surface area contributed by atoms with Gasteiger partial charge in [-0.25, -0.2) is 9.67 Å². The van der Waals surface area contributed by atoms with Gasteiger partial charge in [-0.05, 0) is 29.8 Å². The summed E-state index contributed by atoms with van der Waals surface area (Å²) in [5.41, 5.74) is 1.77. The molecular formula is C17H16N4O2. The monoisotopic (exact) mass is 308 g/mol. The molecule has 0 spiro atoms. The van der Waals surface area contributed by atoms with Gasteiger partial charge in [-0.15, -0.1) is 0 Å². The highest BCUT2D eigenvalue weighted by molar-refractivity contribution is 5.91. The zero-order valence-electron chi connectivity index (χ0n) is 12.6. The summed E-state index contributed by atoms with van der Waals surface area (Å²) in [6.07, 6.45) is 1.37. The molecule has 23 heavy (non-hydrogen) atoms. The van der Waals surface area contributed by atoms with Crippen LogP contribution in [-0.4, -0.2) is 27.8 Å². The lowest BCUT2D eigenvalue weighted by molar-refractivity contribution is 0.0938. The van der Waals surface area contributed by atoms with E-state index in [4.69, 9.17) is 4.74 Å². The van der Waals surface area contributed by atoms with E-state index in [-0.39, 0.29) is 11.7 Å². The van der Waals surface area contributed by atoms with Crippen LogP contribution in [0.1, 0.15) is 16.2 Å². The van der Waals surface area contributed by atoms with Gasteiger partial charge in [0.15, 0.2) is 0 Å². The number of aromatic nitrogens is 3. The van der Waals surface area contributed by atoms with E-state index in [0.29, 0.717) is 6.54 Å². The number of nitrogens with zero attached hydrogens (tertiary/aromatic N) is 3. The number of ether oxygens (including phenoxy) is 1. The average Bonchev–Trinajstić information content (AvgIpc) is 3.11. The van der Waals surface area contributed by atoms with Gasteiger partial charge in [0, 0.05) is 6.54 Å². The summed E-state index contributed by atoms with van der Waals surface area (Å²) in [4.78, 5) is 16.4. The summed E-state index contributed by atoms with van der Waals surface area (Å²) in [5.74, 6) is 0.760. The fourth-order valence-corrected chi connectivity index (χ4v) is 2.16. The number of hydrogen-bond donors (Lipinski definition) is 1. The Hall–Kier alpha value is -3.15. The quantitative estimate of drug-likeness (QED) is 0.784. The van der Waals surface area contributed by atoms with Gasteiger partial charge in [0.1, 0.15) is 12.1 Å². The standard InChI is InChI=1S/C17H16N4O2/c1-23-15-9-7-13(8-10-15)11-18-17(22)16-19-12-20-21(16)14-5-3-2-4-6-14/h2-10,12H,11H2,1H3,(H,18,22). The van der Waals surface area contributed by atoms with Crippen molar-refractivity contribution in [3.05, 3.63) is 72.3 Å². The Morgan fingerprint density at radius 3 is 2.57 bits per heavy atom. The molecule has 1 N–H and O–H groups in total. The van der Waals surface area contributed by atoms with Crippen molar-refractivity contribution in [1.29, 1.82) is 0 Å². The van der Waals surface area contributed by atoms with Crippen molar-refractivity contribution >= 4 is 5.91 Å². The molecule has 0 aliphatic carbocycles. The van der Waals surface area contributed by atoms with Crippen molar-refractivity contribution in [2.24, 2.45) is 0 Å². The highest BCUT2D eigenvalue weighted by atomic mass is 16.5. The molecule has 0 unspecified atom stereocenters. The molecule has 0 bridgehead atoms. The number of nitrogens with one attached hydrogen (secondary N) is 1. The zero-order chi connectivity index (χ0) is 16.1. The summed E-state index contributed by atoms with van der Waals surface area (Å²) in [6.45, 7) is 0.407. The third-order valence-electron chi connectivity index (χ3n) is 3.36. The number of benzene rings is 2. The van der Waals surface area contributed by atoms with Crippen molar-refractivity contribution in [2.75, 3.05) is 7.11 Å². The highest BCUT2D eigenvalue weighted by Gasteiger charge is 2.14. The molecule has 6 heteroatoms. The first kappa shape index (κ1) is 14.8. The van der Waals surface area contributed by atoms with Gasteiger partial charge in [0.25, 0.3) is 5.91 Å². The van der Waals surface area contributed by atoms with E-state index in [0.717, 1.165) is 17.0 Å². The fraction of sp³-hybridized carbons (Fsp3) is 0.118. The van der Waals surface area contributed by atoms with Crippen LogP contribution in [0.4, 0.5) is 0 Å². The Morgan fingerprint density at radius 1 is 1.13 bits per heavy atom. The van der Waals surface area contributed by atoms with Crippen LogP contribution in [0.5, 0.6) is 5.75 Å². The van der Waals surface area contributed by atoms with Gasteiger partial charge >= 0.3 is 0 Å². The summed E-state index contributed by atoms with van der Waals surface area (Å²) in [6, 6.07) is 16.9. The van der Waals surface area contributed by atoms with Crippen LogP contribution in [0.3, 0.4) is 0 Å². The zero-order valence-corrected chi connectivity index (χ0v) is 12.6. The molecule has 1 aromatic heterocycles. The number of para-hydroxylation sites is 1. The number of rotatable bonds is 5. The number of hydrogen-bond acceptors (Lipinski definition) is 4. The maximum absolute atomic E-state index is 12.3. The Balaban J connectivity index is 1.70. The number of carbonyl (C=O) groups is 1. The van der Waals surface area contributed by atoms with E-state index in [2.05, 4.69) is 15.4 Å². The maximum atomic E-state index is 12.3. The van der Waals surface area contributed by atoms with Gasteiger partial charge in [-0.2, -0.15) is 5.10 Å². The topological polar surface area (TPSA) is 69.0 Å². The van der Waals surface area contributed by atoms with Crippen molar-refractivity contribution in [3.63, 3.8) is 0 Å². The predicted octanol–water partition coefficient (Wildman–Crippen LogP) is 2.21. The van der Waals surface area contributed by atoms with E-state index >= 15 is 0 Å². The van der Waals surface area contributed by atoms with E-state index in [1.54, 1.807) is 7.11 Å². The van der Waals surface area contributed by atoms with Crippen molar-refractivity contribution in [1.82, 2.24) is 20.1 Å². The second-order valence-electron chi connectivity index (χ2n) is 4.86. The third-order valence-corrected chi connectivity index (χ3v) is 3.36. The van der Waals surface area contributed by atoms with Crippen molar-refractivity contribution in [3.8, 4) is 11.4 Å². The minimum absolute atomic E-state index is 0.254. The fourth-order valence-electron chi connectivity index (χ4n) is 2.16. The molecule has 0 aliphatic heterocycles. The molecular weight excluding hydrogens is 292 g/mol. The first-order valence-corrected chi connectivity index (χ1v) is 7.14. The van der Waals surface area contributed by atoms with Crippen molar-refractivity contribution < 1.29 is 9.53 Å². The third kappa shape index (κ3) is 3.37. The van der Waals surface area contributed by atoms with Crippen LogP contribution < -0.4 is 10.1 Å². The van der Waals surface area contributed by atoms with Crippen LogP contribution in [0.25, 0.3) is 5.69 Å². The molecule has 3 rings (SSSR count). The smallest absolute Gasteiger partial charge is 0.289 e. The molecule has 3 aromatic rings. The first-order valence-electron chi connectivity index (χ1n) is 7.14. The lowest BCUT2D eigenvalue weighted by Crippen LogP contribution is -2.26. The van der Waals surface area contributed by atoms with Gasteiger partial charge < -0.3 is 10.1 Å². The van der Waals surface area contributed by atoms with Gasteiger partial charge in [0.2, 0.25) is 5.82 Å². The number of amides is 1. The molecule has 1 heterocycles. The van der Waals surface area contributed by atoms with Gasteiger partial charge in [0.05, 0.1) is 12.8 Å². The highest BCUT2D eigenvalue weighted by Crippen LogP contribution is 2.11. The Morgan fingerprint density at radius 2 is 1.87 bits per heavy atom. The first-order chi connectivity index (χ1) is 11.3. The SMILES string of the molecule is COc1ccc(CNC(=O)c2ncnn2-c2ccccc2)cc1. The molecule has 0 saturated carbocycles. The molecule has 0 aliphatic rings. The molecule has 0 atom stereocenters. The second kappa shape index (κ2) is 6.74. The van der Waals surface area contributed by atoms with E-state index in [9.17, 15) is 4.79 Å². The molecule has 2 aromatic carbocycles. The summed E-state index contributed by atoms with van der Waals surface area (Å²) in [7, 11) is 1.62. The molecule has 0 radical (unpaired) electrons. The molecule has 116 valence electrons. The predicted molar refractivity (Wildman–Crippen MR) is 85.5 cm³/mol. The Labute approximate surface area is 133 Å². The summed E-state index contributed by atoms with van der Waals surface area (Å²) < 4.78 is 6.63. The minimum atomic E-state index is -0.276. The average molecular weight is 308 g/mol. The van der Waals surface area contributed by atoms with E-state index in [1.807, 2.05) is 54.6 Å². The van der Waals surface area contributed by atoms with E-state index < -0.39 is 0 Å². The largest absolute Gasteiger partial charge is 0.497 e. The van der Waals surface area contributed by atoms with Gasteiger partial charge in [-0.1, -0.05) is 30.3 Å². The number of methoxy groups -OCH3 is 1. The molecule has 6 nitrogen and oxygen atoms in total. The Bertz CT molecular complexity index is 782. The van der Waals surface area contributed by atoms with Crippen molar-refractivity contribution in [2.45, 2.75) is 6.54 Å². The second-order valence-corrected chi connectivity index (χ2v) is 4.86. The normalized spacial score (nSPS) is 10.3. The summed E-state index contributed by atoms with van der Waals surface area (Å²) in [5, 5.41) is 6.96. The van der Waals surface area contributed by atoms with Crippen LogP contribution in [0.2, 0.25) is 0 Å². The van der Waals surface area contributed by atoms with Crippen LogP contribution >= 0.6 is 0 Å². The lowest BCUT2D eigenvalue weighted by Gasteiger charge is -2.07. The summed E-state index contributed by atoms with van der Waals surface area (Å²) >= 11 is 0. The molecule has 1 amide bonds. The lowest BCUT2D eigenvalue weighted by atomic mass is 10.2.